The number of benzene rings is 2. The zero-order chi connectivity index (χ0) is 20.7. The summed E-state index contributed by atoms with van der Waals surface area (Å²) in [5, 5.41) is 0.495. The Hall–Kier alpha value is -1.47. The molecule has 2 aromatic carbocycles. The van der Waals surface area contributed by atoms with Gasteiger partial charge in [0.1, 0.15) is 22.6 Å². The molecule has 0 aliphatic carbocycles. The molecule has 0 saturated carbocycles. The molecule has 0 heterocycles. The van der Waals surface area contributed by atoms with Crippen molar-refractivity contribution in [2.45, 2.75) is 12.8 Å². The van der Waals surface area contributed by atoms with Gasteiger partial charge < -0.3 is 14.2 Å². The third-order valence-electron chi connectivity index (χ3n) is 3.25. The molecule has 0 bridgehead atoms. The zero-order valence-electron chi connectivity index (χ0n) is 14.0. The van der Waals surface area contributed by atoms with E-state index in [9.17, 15) is 13.2 Å². The molecule has 0 aliphatic heterocycles. The topological polar surface area (TPSA) is 27.7 Å². The van der Waals surface area contributed by atoms with Gasteiger partial charge in [-0.2, -0.15) is 0 Å². The van der Waals surface area contributed by atoms with Crippen LogP contribution in [0, 0.1) is 0 Å². The predicted molar refractivity (Wildman–Crippen MR) is 104 cm³/mol. The van der Waals surface area contributed by atoms with Gasteiger partial charge in [-0.1, -0.05) is 58.5 Å². The van der Waals surface area contributed by atoms with E-state index in [2.05, 4.69) is 4.74 Å². The quantitative estimate of drug-likeness (QED) is 0.403. The highest BCUT2D eigenvalue weighted by Gasteiger charge is 2.30. The van der Waals surface area contributed by atoms with Gasteiger partial charge in [-0.3, -0.25) is 0 Å². The Morgan fingerprint density at radius 3 is 2.07 bits per heavy atom. The van der Waals surface area contributed by atoms with Crippen LogP contribution in [0.3, 0.4) is 0 Å². The van der Waals surface area contributed by atoms with Crippen LogP contribution in [0.4, 0.5) is 13.2 Å². The van der Waals surface area contributed by atoms with Crippen LogP contribution in [0.15, 0.2) is 47.0 Å². The van der Waals surface area contributed by atoms with Crippen LogP contribution in [0.1, 0.15) is 5.56 Å². The van der Waals surface area contributed by atoms with Crippen LogP contribution >= 0.6 is 46.4 Å². The van der Waals surface area contributed by atoms with E-state index in [0.717, 1.165) is 5.56 Å². The number of ether oxygens (including phenoxy) is 3. The van der Waals surface area contributed by atoms with Crippen LogP contribution in [-0.2, 0) is 6.42 Å². The fraction of sp³-hybridized carbons (Fsp3) is 0.222. The van der Waals surface area contributed by atoms with Crippen LogP contribution in [0.2, 0.25) is 10.0 Å². The minimum atomic E-state index is -4.72. The van der Waals surface area contributed by atoms with E-state index in [0.29, 0.717) is 12.2 Å². The number of halogens is 7. The molecular weight excluding hydrogens is 463 g/mol. The van der Waals surface area contributed by atoms with Crippen molar-refractivity contribution in [2.24, 2.45) is 0 Å². The fourth-order valence-electron chi connectivity index (χ4n) is 2.09. The summed E-state index contributed by atoms with van der Waals surface area (Å²) >= 11 is 23.3. The second-order valence-corrected chi connectivity index (χ2v) is 7.13. The first-order valence-electron chi connectivity index (χ1n) is 7.74. The Kier molecular flexibility index (Phi) is 8.43. The van der Waals surface area contributed by atoms with Crippen molar-refractivity contribution in [1.29, 1.82) is 0 Å². The molecule has 0 aromatic heterocycles. The maximum atomic E-state index is 12.1. The predicted octanol–water partition coefficient (Wildman–Crippen LogP) is 7.21. The smallest absolute Gasteiger partial charge is 0.490 e. The van der Waals surface area contributed by atoms with Gasteiger partial charge >= 0.3 is 6.36 Å². The fourth-order valence-corrected chi connectivity index (χ4v) is 2.79. The number of alkyl halides is 3. The minimum absolute atomic E-state index is 0.0788. The van der Waals surface area contributed by atoms with Crippen molar-refractivity contribution >= 4 is 46.4 Å². The molecule has 0 amide bonds. The Morgan fingerprint density at radius 2 is 1.54 bits per heavy atom. The molecule has 0 aliphatic rings. The van der Waals surface area contributed by atoms with Gasteiger partial charge in [0.2, 0.25) is 0 Å². The van der Waals surface area contributed by atoms with Crippen molar-refractivity contribution in [2.75, 3.05) is 13.2 Å². The lowest BCUT2D eigenvalue weighted by molar-refractivity contribution is -0.274. The SMILES string of the molecule is FC(F)(F)Oc1ccc(CCOc2c(Cl)cc(OCC=C(Cl)Cl)cc2Cl)cc1. The highest BCUT2D eigenvalue weighted by atomic mass is 35.5. The van der Waals surface area contributed by atoms with E-state index in [1.54, 1.807) is 0 Å². The van der Waals surface area contributed by atoms with Crippen LogP contribution in [0.25, 0.3) is 0 Å². The largest absolute Gasteiger partial charge is 0.573 e. The van der Waals surface area contributed by atoms with Gasteiger partial charge in [-0.15, -0.1) is 13.2 Å². The summed E-state index contributed by atoms with van der Waals surface area (Å²) < 4.78 is 51.3. The zero-order valence-corrected chi connectivity index (χ0v) is 17.1. The normalized spacial score (nSPS) is 11.1. The first-order chi connectivity index (χ1) is 13.1. The molecule has 3 nitrogen and oxygen atoms in total. The lowest BCUT2D eigenvalue weighted by atomic mass is 10.1. The van der Waals surface area contributed by atoms with Gasteiger partial charge in [-0.05, 0) is 23.8 Å². The molecule has 0 radical (unpaired) electrons. The van der Waals surface area contributed by atoms with Crippen molar-refractivity contribution in [3.63, 3.8) is 0 Å². The molecule has 0 atom stereocenters. The maximum absolute atomic E-state index is 12.1. The first-order valence-corrected chi connectivity index (χ1v) is 9.26. The summed E-state index contributed by atoms with van der Waals surface area (Å²) in [5.74, 6) is 0.399. The summed E-state index contributed by atoms with van der Waals surface area (Å²) in [6, 6.07) is 8.55. The van der Waals surface area contributed by atoms with Gasteiger partial charge in [0.05, 0.1) is 16.7 Å². The van der Waals surface area contributed by atoms with E-state index in [1.807, 2.05) is 0 Å². The number of hydrogen-bond donors (Lipinski definition) is 0. The lowest BCUT2D eigenvalue weighted by Crippen LogP contribution is -2.17. The molecule has 2 rings (SSSR count). The van der Waals surface area contributed by atoms with E-state index in [4.69, 9.17) is 55.9 Å². The Morgan fingerprint density at radius 1 is 0.929 bits per heavy atom. The summed E-state index contributed by atoms with van der Waals surface area (Å²) in [7, 11) is 0. The van der Waals surface area contributed by atoms with Crippen LogP contribution < -0.4 is 14.2 Å². The molecule has 0 unspecified atom stereocenters. The average molecular weight is 476 g/mol. The van der Waals surface area contributed by atoms with Crippen molar-refractivity contribution < 1.29 is 27.4 Å². The van der Waals surface area contributed by atoms with Gasteiger partial charge in [0.15, 0.2) is 5.75 Å². The Labute approximate surface area is 179 Å². The highest BCUT2D eigenvalue weighted by Crippen LogP contribution is 2.37. The molecule has 10 heteroatoms. The summed E-state index contributed by atoms with van der Waals surface area (Å²) in [6.45, 7) is 0.354. The molecule has 0 saturated heterocycles. The Balaban J connectivity index is 1.91. The van der Waals surface area contributed by atoms with Gasteiger partial charge in [0.25, 0.3) is 0 Å². The lowest BCUT2D eigenvalue weighted by Gasteiger charge is -2.13. The highest BCUT2D eigenvalue weighted by molar-refractivity contribution is 6.55. The minimum Gasteiger partial charge on any atom is -0.490 e. The molecule has 28 heavy (non-hydrogen) atoms. The molecule has 0 spiro atoms. The molecule has 0 N–H and O–H groups in total. The Bertz CT molecular complexity index is 797. The number of hydrogen-bond acceptors (Lipinski definition) is 3. The summed E-state index contributed by atoms with van der Waals surface area (Å²) in [4.78, 5) is 0. The van der Waals surface area contributed by atoms with Gasteiger partial charge in [-0.25, -0.2) is 0 Å². The van der Waals surface area contributed by atoms with E-state index < -0.39 is 6.36 Å². The third kappa shape index (κ3) is 7.87. The molecule has 2 aromatic rings. The third-order valence-corrected chi connectivity index (χ3v) is 4.12. The van der Waals surface area contributed by atoms with E-state index in [1.165, 1.54) is 42.5 Å². The molecular formula is C18H13Cl4F3O3. The second kappa shape index (κ2) is 10.3. The van der Waals surface area contributed by atoms with Crippen molar-refractivity contribution in [3.8, 4) is 17.2 Å². The summed E-state index contributed by atoms with van der Waals surface area (Å²) in [5.41, 5.74) is 0.756. The van der Waals surface area contributed by atoms with Crippen LogP contribution in [-0.4, -0.2) is 19.6 Å². The second-order valence-electron chi connectivity index (χ2n) is 5.31. The number of rotatable bonds is 8. The van der Waals surface area contributed by atoms with Crippen LogP contribution in [0.5, 0.6) is 17.2 Å². The average Bonchev–Trinajstić information content (AvgIpc) is 2.57. The standard InChI is InChI=1S/C18H13Cl4F3O3/c19-14-9-13(26-8-6-16(21)22)10-15(20)17(14)27-7-5-11-1-3-12(4-2-11)28-18(23,24)25/h1-4,6,9-10H,5,7-8H2. The molecule has 0 fully saturated rings. The van der Waals surface area contributed by atoms with E-state index in [-0.39, 0.29) is 39.2 Å². The van der Waals surface area contributed by atoms with Crippen molar-refractivity contribution in [1.82, 2.24) is 0 Å². The monoisotopic (exact) mass is 474 g/mol. The first kappa shape index (κ1) is 22.8. The maximum Gasteiger partial charge on any atom is 0.573 e. The van der Waals surface area contributed by atoms with E-state index >= 15 is 0 Å². The summed E-state index contributed by atoms with van der Waals surface area (Å²) in [6.07, 6.45) is -2.84. The van der Waals surface area contributed by atoms with Gasteiger partial charge in [0, 0.05) is 18.6 Å². The van der Waals surface area contributed by atoms with Crippen molar-refractivity contribution in [3.05, 3.63) is 62.6 Å². The molecule has 152 valence electrons.